The second-order valence-corrected chi connectivity index (χ2v) is 5.26. The molecular weight excluding hydrogens is 246 g/mol. The Labute approximate surface area is 112 Å². The highest BCUT2D eigenvalue weighted by Gasteiger charge is 2.22. The zero-order chi connectivity index (χ0) is 12.5. The Morgan fingerprint density at radius 1 is 1.39 bits per heavy atom. The lowest BCUT2D eigenvalue weighted by molar-refractivity contribution is 0.603. The second-order valence-electron chi connectivity index (χ2n) is 4.83. The van der Waals surface area contributed by atoms with E-state index < -0.39 is 0 Å². The van der Waals surface area contributed by atoms with Crippen LogP contribution >= 0.6 is 11.6 Å². The smallest absolute Gasteiger partial charge is 0.0737 e. The molecule has 0 bridgehead atoms. The molecule has 3 rings (SSSR count). The molecule has 1 atom stereocenters. The first-order valence-electron chi connectivity index (χ1n) is 6.27. The molecule has 2 N–H and O–H groups in total. The Morgan fingerprint density at radius 3 is 3.06 bits per heavy atom. The van der Waals surface area contributed by atoms with Crippen molar-refractivity contribution in [3.05, 3.63) is 35.5 Å². The van der Waals surface area contributed by atoms with E-state index in [0.717, 1.165) is 30.2 Å². The number of hydrogen-bond acceptors (Lipinski definition) is 3. The summed E-state index contributed by atoms with van der Waals surface area (Å²) in [4.78, 5) is 6.78. The first kappa shape index (κ1) is 11.8. The van der Waals surface area contributed by atoms with Gasteiger partial charge in [0.25, 0.3) is 0 Å². The number of anilines is 1. The molecule has 1 fully saturated rings. The summed E-state index contributed by atoms with van der Waals surface area (Å²) in [6.45, 7) is 2.88. The summed E-state index contributed by atoms with van der Waals surface area (Å²) in [7, 11) is 0. The predicted molar refractivity (Wildman–Crippen MR) is 76.1 cm³/mol. The van der Waals surface area contributed by atoms with Crippen molar-refractivity contribution in [1.82, 2.24) is 4.98 Å². The summed E-state index contributed by atoms with van der Waals surface area (Å²) < 4.78 is 0. The molecule has 3 nitrogen and oxygen atoms in total. The lowest BCUT2D eigenvalue weighted by Gasteiger charge is -2.20. The van der Waals surface area contributed by atoms with Gasteiger partial charge in [-0.2, -0.15) is 0 Å². The van der Waals surface area contributed by atoms with E-state index >= 15 is 0 Å². The van der Waals surface area contributed by atoms with E-state index in [1.807, 2.05) is 18.3 Å². The fraction of sp³-hybridized carbons (Fsp3) is 0.357. The molecule has 94 valence electrons. The van der Waals surface area contributed by atoms with Gasteiger partial charge in [0.2, 0.25) is 0 Å². The van der Waals surface area contributed by atoms with Crippen LogP contribution in [0.1, 0.15) is 6.42 Å². The fourth-order valence-corrected chi connectivity index (χ4v) is 2.79. The van der Waals surface area contributed by atoms with E-state index in [-0.39, 0.29) is 0 Å². The SMILES string of the molecule is NCC1CCN(c2ccnc3cc(Cl)ccc23)C1. The number of hydrogen-bond donors (Lipinski definition) is 1. The maximum absolute atomic E-state index is 6.01. The predicted octanol–water partition coefficient (Wildman–Crippen LogP) is 2.67. The van der Waals surface area contributed by atoms with Crippen LogP contribution in [-0.2, 0) is 0 Å². The molecule has 2 heterocycles. The highest BCUT2D eigenvalue weighted by atomic mass is 35.5. The van der Waals surface area contributed by atoms with Gasteiger partial charge in [-0.3, -0.25) is 4.98 Å². The number of aromatic nitrogens is 1. The zero-order valence-corrected chi connectivity index (χ0v) is 10.9. The molecule has 0 saturated carbocycles. The minimum absolute atomic E-state index is 0.612. The standard InChI is InChI=1S/C14H16ClN3/c15-11-1-2-12-13(7-11)17-5-3-14(12)18-6-4-10(8-16)9-18/h1-3,5,7,10H,4,6,8-9,16H2. The van der Waals surface area contributed by atoms with Crippen LogP contribution in [0, 0.1) is 5.92 Å². The van der Waals surface area contributed by atoms with Crippen LogP contribution in [-0.4, -0.2) is 24.6 Å². The van der Waals surface area contributed by atoms with E-state index in [1.165, 1.54) is 17.5 Å². The van der Waals surface area contributed by atoms with Gasteiger partial charge in [0.1, 0.15) is 0 Å². The summed E-state index contributed by atoms with van der Waals surface area (Å²) >= 11 is 6.01. The molecule has 0 radical (unpaired) electrons. The Bertz CT molecular complexity index is 570. The van der Waals surface area contributed by atoms with Crippen LogP contribution in [0.2, 0.25) is 5.02 Å². The molecule has 0 amide bonds. The summed E-state index contributed by atoms with van der Waals surface area (Å²) in [6, 6.07) is 7.97. The Hall–Kier alpha value is -1.32. The molecule has 18 heavy (non-hydrogen) atoms. The molecule has 0 aliphatic carbocycles. The van der Waals surface area contributed by atoms with Gasteiger partial charge in [-0.05, 0) is 43.1 Å². The van der Waals surface area contributed by atoms with Gasteiger partial charge >= 0.3 is 0 Å². The van der Waals surface area contributed by atoms with Crippen LogP contribution < -0.4 is 10.6 Å². The number of pyridine rings is 1. The third-order valence-corrected chi connectivity index (χ3v) is 3.88. The van der Waals surface area contributed by atoms with Crippen LogP contribution in [0.25, 0.3) is 10.9 Å². The van der Waals surface area contributed by atoms with E-state index in [1.54, 1.807) is 0 Å². The molecule has 2 aromatic rings. The molecule has 1 saturated heterocycles. The zero-order valence-electron chi connectivity index (χ0n) is 10.1. The first-order chi connectivity index (χ1) is 8.78. The van der Waals surface area contributed by atoms with Crippen molar-refractivity contribution in [1.29, 1.82) is 0 Å². The molecule has 1 aromatic heterocycles. The minimum atomic E-state index is 0.612. The lowest BCUT2D eigenvalue weighted by Crippen LogP contribution is -2.22. The van der Waals surface area contributed by atoms with Crippen molar-refractivity contribution >= 4 is 28.2 Å². The molecule has 4 heteroatoms. The van der Waals surface area contributed by atoms with E-state index in [0.29, 0.717) is 5.92 Å². The molecule has 1 unspecified atom stereocenters. The van der Waals surface area contributed by atoms with Gasteiger partial charge in [-0.1, -0.05) is 11.6 Å². The Kier molecular flexibility index (Phi) is 3.10. The van der Waals surface area contributed by atoms with Gasteiger partial charge in [0.05, 0.1) is 5.52 Å². The molecule has 1 aliphatic rings. The second kappa shape index (κ2) is 4.75. The summed E-state index contributed by atoms with van der Waals surface area (Å²) in [6.07, 6.45) is 3.03. The highest BCUT2D eigenvalue weighted by molar-refractivity contribution is 6.31. The molecule has 1 aliphatic heterocycles. The number of nitrogens with two attached hydrogens (primary N) is 1. The summed E-state index contributed by atoms with van der Waals surface area (Å²) in [5.74, 6) is 0.612. The van der Waals surface area contributed by atoms with E-state index in [9.17, 15) is 0 Å². The number of nitrogens with zero attached hydrogens (tertiary/aromatic N) is 2. The maximum Gasteiger partial charge on any atom is 0.0737 e. The van der Waals surface area contributed by atoms with Crippen molar-refractivity contribution in [3.8, 4) is 0 Å². The average Bonchev–Trinajstić information content (AvgIpc) is 2.86. The van der Waals surface area contributed by atoms with Crippen molar-refractivity contribution < 1.29 is 0 Å². The van der Waals surface area contributed by atoms with Gasteiger partial charge in [-0.15, -0.1) is 0 Å². The number of benzene rings is 1. The third-order valence-electron chi connectivity index (χ3n) is 3.64. The summed E-state index contributed by atoms with van der Waals surface area (Å²) in [5, 5.41) is 1.90. The Morgan fingerprint density at radius 2 is 2.28 bits per heavy atom. The molecule has 0 spiro atoms. The lowest BCUT2D eigenvalue weighted by atomic mass is 10.1. The van der Waals surface area contributed by atoms with Crippen molar-refractivity contribution in [2.45, 2.75) is 6.42 Å². The topological polar surface area (TPSA) is 42.1 Å². The van der Waals surface area contributed by atoms with Gasteiger partial charge in [0.15, 0.2) is 0 Å². The van der Waals surface area contributed by atoms with E-state index in [2.05, 4.69) is 22.0 Å². The Balaban J connectivity index is 2.02. The monoisotopic (exact) mass is 261 g/mol. The van der Waals surface area contributed by atoms with Gasteiger partial charge < -0.3 is 10.6 Å². The molecular formula is C14H16ClN3. The normalized spacial score (nSPS) is 19.7. The van der Waals surface area contributed by atoms with Crippen molar-refractivity contribution in [2.24, 2.45) is 11.7 Å². The van der Waals surface area contributed by atoms with Crippen molar-refractivity contribution in [2.75, 3.05) is 24.5 Å². The first-order valence-corrected chi connectivity index (χ1v) is 6.65. The highest BCUT2D eigenvalue weighted by Crippen LogP contribution is 2.30. The largest absolute Gasteiger partial charge is 0.371 e. The summed E-state index contributed by atoms with van der Waals surface area (Å²) in [5.41, 5.74) is 7.95. The average molecular weight is 262 g/mol. The van der Waals surface area contributed by atoms with Crippen LogP contribution in [0.5, 0.6) is 0 Å². The van der Waals surface area contributed by atoms with Crippen LogP contribution in [0.3, 0.4) is 0 Å². The van der Waals surface area contributed by atoms with Gasteiger partial charge in [-0.25, -0.2) is 0 Å². The third kappa shape index (κ3) is 2.04. The number of halogens is 1. The number of rotatable bonds is 2. The molecule has 1 aromatic carbocycles. The minimum Gasteiger partial charge on any atom is -0.371 e. The van der Waals surface area contributed by atoms with Gasteiger partial charge in [0, 0.05) is 35.4 Å². The maximum atomic E-state index is 6.01. The quantitative estimate of drug-likeness (QED) is 0.904. The van der Waals surface area contributed by atoms with Crippen LogP contribution in [0.15, 0.2) is 30.5 Å². The van der Waals surface area contributed by atoms with E-state index in [4.69, 9.17) is 17.3 Å². The van der Waals surface area contributed by atoms with Crippen LogP contribution in [0.4, 0.5) is 5.69 Å². The number of fused-ring (bicyclic) bond motifs is 1. The fourth-order valence-electron chi connectivity index (χ4n) is 2.63. The van der Waals surface area contributed by atoms with Crippen molar-refractivity contribution in [3.63, 3.8) is 0 Å².